The van der Waals surface area contributed by atoms with Crippen LogP contribution >= 0.6 is 0 Å². The lowest BCUT2D eigenvalue weighted by molar-refractivity contribution is 0.102. The summed E-state index contributed by atoms with van der Waals surface area (Å²) in [6, 6.07) is 11.1. The number of nitrogens with zero attached hydrogens (tertiary/aromatic N) is 1. The van der Waals surface area contributed by atoms with Crippen LogP contribution in [0, 0.1) is 6.92 Å². The number of carbonyl (C=O) groups excluding carboxylic acids is 1. The van der Waals surface area contributed by atoms with Gasteiger partial charge in [-0.15, -0.1) is 0 Å². The fourth-order valence-electron chi connectivity index (χ4n) is 1.51. The zero-order valence-corrected chi connectivity index (χ0v) is 10.4. The summed E-state index contributed by atoms with van der Waals surface area (Å²) in [4.78, 5) is 16.0. The summed E-state index contributed by atoms with van der Waals surface area (Å²) in [6.07, 6.45) is 1.63. The molecule has 1 amide bonds. The van der Waals surface area contributed by atoms with Gasteiger partial charge in [0.25, 0.3) is 5.91 Å². The standard InChI is InChI=1S/C14H15N3O/c1-10-3-5-11(6-4-10)17-14(18)13-8-7-12(15-2)9-16-13/h3-9,15H,1-2H3,(H,17,18). The summed E-state index contributed by atoms with van der Waals surface area (Å²) in [5.74, 6) is -0.207. The lowest BCUT2D eigenvalue weighted by atomic mass is 10.2. The Morgan fingerprint density at radius 1 is 1.06 bits per heavy atom. The quantitative estimate of drug-likeness (QED) is 0.868. The molecule has 0 fully saturated rings. The van der Waals surface area contributed by atoms with Crippen molar-refractivity contribution >= 4 is 17.3 Å². The van der Waals surface area contributed by atoms with E-state index in [-0.39, 0.29) is 5.91 Å². The predicted octanol–water partition coefficient (Wildman–Crippen LogP) is 2.68. The molecule has 0 aliphatic heterocycles. The zero-order chi connectivity index (χ0) is 13.0. The number of pyridine rings is 1. The molecule has 4 heteroatoms. The molecule has 1 aromatic carbocycles. The smallest absolute Gasteiger partial charge is 0.274 e. The lowest BCUT2D eigenvalue weighted by Crippen LogP contribution is -2.13. The van der Waals surface area contributed by atoms with Crippen LogP contribution in [0.15, 0.2) is 42.6 Å². The van der Waals surface area contributed by atoms with Crippen molar-refractivity contribution in [2.75, 3.05) is 17.7 Å². The summed E-state index contributed by atoms with van der Waals surface area (Å²) in [5, 5.41) is 5.76. The van der Waals surface area contributed by atoms with Gasteiger partial charge in [-0.2, -0.15) is 0 Å². The number of hydrogen-bond acceptors (Lipinski definition) is 3. The van der Waals surface area contributed by atoms with Crippen molar-refractivity contribution in [3.05, 3.63) is 53.9 Å². The first-order chi connectivity index (χ1) is 8.69. The van der Waals surface area contributed by atoms with Gasteiger partial charge < -0.3 is 10.6 Å². The molecule has 0 bridgehead atoms. The van der Waals surface area contributed by atoms with E-state index in [4.69, 9.17) is 0 Å². The normalized spacial score (nSPS) is 9.89. The van der Waals surface area contributed by atoms with E-state index >= 15 is 0 Å². The minimum Gasteiger partial charge on any atom is -0.387 e. The van der Waals surface area contributed by atoms with Gasteiger partial charge >= 0.3 is 0 Å². The van der Waals surface area contributed by atoms with Gasteiger partial charge in [0.05, 0.1) is 11.9 Å². The van der Waals surface area contributed by atoms with E-state index < -0.39 is 0 Å². The third kappa shape index (κ3) is 2.85. The maximum Gasteiger partial charge on any atom is 0.274 e. The molecule has 1 heterocycles. The number of rotatable bonds is 3. The van der Waals surface area contributed by atoms with Crippen LogP contribution in [0.5, 0.6) is 0 Å². The van der Waals surface area contributed by atoms with Crippen molar-refractivity contribution in [1.82, 2.24) is 4.98 Å². The Hall–Kier alpha value is -2.36. The second-order valence-corrected chi connectivity index (χ2v) is 4.00. The minimum atomic E-state index is -0.207. The third-order valence-electron chi connectivity index (χ3n) is 2.59. The fourth-order valence-corrected chi connectivity index (χ4v) is 1.51. The number of anilines is 2. The summed E-state index contributed by atoms with van der Waals surface area (Å²) < 4.78 is 0. The van der Waals surface area contributed by atoms with Crippen LogP contribution in [0.3, 0.4) is 0 Å². The summed E-state index contributed by atoms with van der Waals surface area (Å²) >= 11 is 0. The number of amides is 1. The highest BCUT2D eigenvalue weighted by atomic mass is 16.1. The first kappa shape index (κ1) is 12.1. The number of aromatic nitrogens is 1. The Bertz CT molecular complexity index is 532. The van der Waals surface area contributed by atoms with E-state index in [2.05, 4.69) is 15.6 Å². The van der Waals surface area contributed by atoms with E-state index in [0.717, 1.165) is 16.9 Å². The van der Waals surface area contributed by atoms with Crippen molar-refractivity contribution in [3.8, 4) is 0 Å². The Morgan fingerprint density at radius 2 is 1.72 bits per heavy atom. The molecular formula is C14H15N3O. The molecule has 0 radical (unpaired) electrons. The van der Waals surface area contributed by atoms with Gasteiger partial charge in [0.1, 0.15) is 5.69 Å². The van der Waals surface area contributed by atoms with Gasteiger partial charge in [0, 0.05) is 12.7 Å². The molecule has 4 nitrogen and oxygen atoms in total. The van der Waals surface area contributed by atoms with Crippen molar-refractivity contribution < 1.29 is 4.79 Å². The topological polar surface area (TPSA) is 54.0 Å². The maximum absolute atomic E-state index is 11.9. The lowest BCUT2D eigenvalue weighted by Gasteiger charge is -2.05. The van der Waals surface area contributed by atoms with Crippen molar-refractivity contribution in [3.63, 3.8) is 0 Å². The summed E-state index contributed by atoms with van der Waals surface area (Å²) in [5.41, 5.74) is 3.20. The Kier molecular flexibility index (Phi) is 3.57. The molecule has 0 aliphatic rings. The average Bonchev–Trinajstić information content (AvgIpc) is 2.41. The fraction of sp³-hybridized carbons (Fsp3) is 0.143. The monoisotopic (exact) mass is 241 g/mol. The molecule has 18 heavy (non-hydrogen) atoms. The predicted molar refractivity (Wildman–Crippen MR) is 72.9 cm³/mol. The largest absolute Gasteiger partial charge is 0.387 e. The van der Waals surface area contributed by atoms with E-state index in [1.54, 1.807) is 12.3 Å². The van der Waals surface area contributed by atoms with E-state index in [1.807, 2.05) is 44.3 Å². The average molecular weight is 241 g/mol. The van der Waals surface area contributed by atoms with Crippen molar-refractivity contribution in [1.29, 1.82) is 0 Å². The molecule has 0 atom stereocenters. The van der Waals surface area contributed by atoms with Gasteiger partial charge in [0.15, 0.2) is 0 Å². The maximum atomic E-state index is 11.9. The first-order valence-corrected chi connectivity index (χ1v) is 5.71. The Balaban J connectivity index is 2.09. The molecule has 0 saturated heterocycles. The van der Waals surface area contributed by atoms with Crippen LogP contribution in [-0.4, -0.2) is 17.9 Å². The minimum absolute atomic E-state index is 0.207. The second-order valence-electron chi connectivity index (χ2n) is 4.00. The van der Waals surface area contributed by atoms with Crippen molar-refractivity contribution in [2.24, 2.45) is 0 Å². The molecule has 92 valence electrons. The van der Waals surface area contributed by atoms with Crippen LogP contribution in [0.25, 0.3) is 0 Å². The van der Waals surface area contributed by atoms with Crippen LogP contribution in [0.2, 0.25) is 0 Å². The van der Waals surface area contributed by atoms with E-state index in [1.165, 1.54) is 0 Å². The number of nitrogens with one attached hydrogen (secondary N) is 2. The van der Waals surface area contributed by atoms with Gasteiger partial charge in [-0.25, -0.2) is 4.98 Å². The molecule has 2 rings (SSSR count). The highest BCUT2D eigenvalue weighted by Gasteiger charge is 2.06. The van der Waals surface area contributed by atoms with Gasteiger partial charge in [0.2, 0.25) is 0 Å². The van der Waals surface area contributed by atoms with Crippen LogP contribution in [0.4, 0.5) is 11.4 Å². The molecule has 2 aromatic rings. The second kappa shape index (κ2) is 5.31. The number of carbonyl (C=O) groups is 1. The molecule has 0 unspecified atom stereocenters. The SMILES string of the molecule is CNc1ccc(C(=O)Nc2ccc(C)cc2)nc1. The van der Waals surface area contributed by atoms with Crippen LogP contribution in [0.1, 0.15) is 16.1 Å². The highest BCUT2D eigenvalue weighted by molar-refractivity contribution is 6.02. The van der Waals surface area contributed by atoms with Gasteiger partial charge in [-0.3, -0.25) is 4.79 Å². The van der Waals surface area contributed by atoms with E-state index in [0.29, 0.717) is 5.69 Å². The Morgan fingerprint density at radius 3 is 2.28 bits per heavy atom. The molecule has 0 spiro atoms. The highest BCUT2D eigenvalue weighted by Crippen LogP contribution is 2.11. The Labute approximate surface area is 106 Å². The summed E-state index contributed by atoms with van der Waals surface area (Å²) in [7, 11) is 1.81. The van der Waals surface area contributed by atoms with Crippen molar-refractivity contribution in [2.45, 2.75) is 6.92 Å². The van der Waals surface area contributed by atoms with Crippen LogP contribution < -0.4 is 10.6 Å². The molecule has 2 N–H and O–H groups in total. The number of aryl methyl sites for hydroxylation is 1. The molecule has 0 saturated carbocycles. The zero-order valence-electron chi connectivity index (χ0n) is 10.4. The van der Waals surface area contributed by atoms with E-state index in [9.17, 15) is 4.79 Å². The molecule has 0 aliphatic carbocycles. The molecular weight excluding hydrogens is 226 g/mol. The third-order valence-corrected chi connectivity index (χ3v) is 2.59. The molecule has 1 aromatic heterocycles. The van der Waals surface area contributed by atoms with Gasteiger partial charge in [-0.1, -0.05) is 17.7 Å². The number of benzene rings is 1. The number of hydrogen-bond donors (Lipinski definition) is 2. The van der Waals surface area contributed by atoms with Gasteiger partial charge in [-0.05, 0) is 31.2 Å². The summed E-state index contributed by atoms with van der Waals surface area (Å²) in [6.45, 7) is 2.00. The first-order valence-electron chi connectivity index (χ1n) is 5.71. The van der Waals surface area contributed by atoms with Crippen LogP contribution in [-0.2, 0) is 0 Å².